The summed E-state index contributed by atoms with van der Waals surface area (Å²) in [6.07, 6.45) is 11.5. The second-order valence-electron chi connectivity index (χ2n) is 9.47. The van der Waals surface area contributed by atoms with Crippen LogP contribution in [0.25, 0.3) is 0 Å². The normalized spacial score (nSPS) is 14.8. The zero-order valence-electron chi connectivity index (χ0n) is 21.1. The third-order valence-corrected chi connectivity index (χ3v) is 6.72. The van der Waals surface area contributed by atoms with Gasteiger partial charge in [-0.05, 0) is 12.8 Å². The van der Waals surface area contributed by atoms with Crippen molar-refractivity contribution in [2.75, 3.05) is 0 Å². The summed E-state index contributed by atoms with van der Waals surface area (Å²) >= 11 is 0. The molecule has 0 aliphatic carbocycles. The molecule has 2 unspecified atom stereocenters. The highest BCUT2D eigenvalue weighted by Crippen LogP contribution is 2.43. The number of carboxylic acids is 3. The molecule has 198 valence electrons. The molecule has 0 aliphatic rings. The summed E-state index contributed by atoms with van der Waals surface area (Å²) in [5.74, 6) is -6.34. The lowest BCUT2D eigenvalue weighted by Crippen LogP contribution is -2.63. The van der Waals surface area contributed by atoms with Crippen LogP contribution in [0.15, 0.2) is 0 Å². The molecule has 0 radical (unpaired) electrons. The molecule has 0 spiro atoms. The molecule has 0 fully saturated rings. The molecule has 0 aromatic rings. The van der Waals surface area contributed by atoms with E-state index in [1.54, 1.807) is 0 Å². The van der Waals surface area contributed by atoms with Crippen molar-refractivity contribution in [2.45, 2.75) is 135 Å². The average molecular weight is 487 g/mol. The van der Waals surface area contributed by atoms with E-state index in [4.69, 9.17) is 0 Å². The quantitative estimate of drug-likeness (QED) is 0.108. The van der Waals surface area contributed by atoms with E-state index >= 15 is 0 Å². The molecular weight excluding hydrogens is 440 g/mol. The first-order chi connectivity index (χ1) is 16.1. The van der Waals surface area contributed by atoms with Crippen LogP contribution >= 0.6 is 0 Å². The van der Waals surface area contributed by atoms with Crippen molar-refractivity contribution in [3.63, 3.8) is 0 Å². The number of Topliss-reactive ketones (excluding diaryl/α,β-unsaturated/α-hetero) is 1. The summed E-state index contributed by atoms with van der Waals surface area (Å²) in [6, 6.07) is 0. The fourth-order valence-electron chi connectivity index (χ4n) is 4.59. The summed E-state index contributed by atoms with van der Waals surface area (Å²) in [5, 5.41) is 39.9. The Morgan fingerprint density at radius 3 is 1.38 bits per heavy atom. The molecule has 8 nitrogen and oxygen atoms in total. The zero-order valence-corrected chi connectivity index (χ0v) is 21.1. The van der Waals surface area contributed by atoms with E-state index in [0.29, 0.717) is 19.3 Å². The topological polar surface area (TPSA) is 149 Å². The first-order valence-electron chi connectivity index (χ1n) is 13.0. The van der Waals surface area contributed by atoms with Crippen LogP contribution in [0.1, 0.15) is 129 Å². The lowest BCUT2D eigenvalue weighted by molar-refractivity contribution is -0.196. The molecule has 4 N–H and O–H groups in total. The van der Waals surface area contributed by atoms with E-state index < -0.39 is 47.5 Å². The van der Waals surface area contributed by atoms with Crippen molar-refractivity contribution in [3.8, 4) is 0 Å². The smallest absolute Gasteiger partial charge is 0.338 e. The summed E-state index contributed by atoms with van der Waals surface area (Å²) in [7, 11) is 0. The van der Waals surface area contributed by atoms with Crippen LogP contribution in [0.5, 0.6) is 0 Å². The Bertz CT molecular complexity index is 632. The summed E-state index contributed by atoms with van der Waals surface area (Å²) in [5.41, 5.74) is -5.91. The van der Waals surface area contributed by atoms with Crippen LogP contribution in [0, 0.1) is 5.41 Å². The highest BCUT2D eigenvalue weighted by Gasteiger charge is 2.65. The lowest BCUT2D eigenvalue weighted by atomic mass is 9.63. The Kier molecular flexibility index (Phi) is 16.5. The van der Waals surface area contributed by atoms with Gasteiger partial charge in [0, 0.05) is 6.42 Å². The van der Waals surface area contributed by atoms with Crippen LogP contribution in [-0.4, -0.2) is 49.7 Å². The molecular formula is C26H46O8. The van der Waals surface area contributed by atoms with Crippen molar-refractivity contribution < 1.29 is 39.6 Å². The van der Waals surface area contributed by atoms with E-state index in [2.05, 4.69) is 6.92 Å². The van der Waals surface area contributed by atoms with E-state index in [1.807, 2.05) is 6.92 Å². The predicted octanol–water partition coefficient (Wildman–Crippen LogP) is 5.59. The molecule has 0 bridgehead atoms. The van der Waals surface area contributed by atoms with Crippen molar-refractivity contribution >= 4 is 23.7 Å². The van der Waals surface area contributed by atoms with Crippen LogP contribution in [-0.2, 0) is 19.2 Å². The maximum Gasteiger partial charge on any atom is 0.338 e. The number of hydrogen-bond donors (Lipinski definition) is 4. The molecule has 0 saturated carbocycles. The van der Waals surface area contributed by atoms with Crippen LogP contribution in [0.3, 0.4) is 0 Å². The van der Waals surface area contributed by atoms with Crippen LogP contribution < -0.4 is 0 Å². The Morgan fingerprint density at radius 2 is 1.00 bits per heavy atom. The fourth-order valence-corrected chi connectivity index (χ4v) is 4.59. The van der Waals surface area contributed by atoms with Gasteiger partial charge in [-0.1, -0.05) is 104 Å². The average Bonchev–Trinajstić information content (AvgIpc) is 2.76. The Morgan fingerprint density at radius 1 is 0.588 bits per heavy atom. The van der Waals surface area contributed by atoms with Crippen molar-refractivity contribution in [1.82, 2.24) is 0 Å². The standard InChI is InChI=1S/C26H46O8/c1-3-5-7-9-10-11-12-13-15-17-19-25(23(30)31,21(27)18-16-14-8-6-4-2)26(34,24(32)33)20-22(28)29/h34H,3-20H2,1-2H3,(H,28,29)(H,30,31)(H,32,33). The number of carbonyl (C=O) groups excluding carboxylic acids is 1. The molecule has 0 saturated heterocycles. The maximum atomic E-state index is 13.2. The number of aliphatic hydroxyl groups is 1. The van der Waals surface area contributed by atoms with Gasteiger partial charge in [-0.25, -0.2) is 4.79 Å². The predicted molar refractivity (Wildman–Crippen MR) is 130 cm³/mol. The molecule has 0 rings (SSSR count). The molecule has 8 heteroatoms. The lowest BCUT2D eigenvalue weighted by Gasteiger charge is -2.39. The van der Waals surface area contributed by atoms with Gasteiger partial charge in [0.05, 0.1) is 6.42 Å². The fraction of sp³-hybridized carbons (Fsp3) is 0.846. The number of aliphatic carboxylic acids is 3. The maximum absolute atomic E-state index is 13.2. The number of carboxylic acid groups (broad SMARTS) is 3. The Balaban J connectivity index is 5.34. The van der Waals surface area contributed by atoms with Gasteiger partial charge in [-0.3, -0.25) is 14.4 Å². The minimum Gasteiger partial charge on any atom is -0.481 e. The van der Waals surface area contributed by atoms with E-state index in [9.17, 15) is 39.6 Å². The third kappa shape index (κ3) is 10.1. The number of ketones is 1. The van der Waals surface area contributed by atoms with Gasteiger partial charge in [0.15, 0.2) is 16.8 Å². The molecule has 0 heterocycles. The summed E-state index contributed by atoms with van der Waals surface area (Å²) < 4.78 is 0. The van der Waals surface area contributed by atoms with E-state index in [-0.39, 0.29) is 12.8 Å². The second kappa shape index (κ2) is 17.5. The molecule has 0 aromatic heterocycles. The van der Waals surface area contributed by atoms with Gasteiger partial charge < -0.3 is 20.4 Å². The van der Waals surface area contributed by atoms with Crippen LogP contribution in [0.4, 0.5) is 0 Å². The Hall–Kier alpha value is -1.96. The van der Waals surface area contributed by atoms with Gasteiger partial charge in [-0.2, -0.15) is 0 Å². The minimum absolute atomic E-state index is 0.205. The minimum atomic E-state index is -3.22. The van der Waals surface area contributed by atoms with Crippen molar-refractivity contribution in [3.05, 3.63) is 0 Å². The molecule has 34 heavy (non-hydrogen) atoms. The Labute approximate surface area is 204 Å². The molecule has 2 atom stereocenters. The van der Waals surface area contributed by atoms with Gasteiger partial charge in [0.1, 0.15) is 0 Å². The molecule has 0 aromatic carbocycles. The van der Waals surface area contributed by atoms with Gasteiger partial charge >= 0.3 is 17.9 Å². The van der Waals surface area contributed by atoms with E-state index in [0.717, 1.165) is 44.9 Å². The van der Waals surface area contributed by atoms with Crippen molar-refractivity contribution in [2.24, 2.45) is 5.41 Å². The largest absolute Gasteiger partial charge is 0.481 e. The van der Waals surface area contributed by atoms with Gasteiger partial charge in [0.2, 0.25) is 0 Å². The first-order valence-corrected chi connectivity index (χ1v) is 13.0. The summed E-state index contributed by atoms with van der Waals surface area (Å²) in [6.45, 7) is 4.20. The monoisotopic (exact) mass is 486 g/mol. The number of rotatable bonds is 23. The van der Waals surface area contributed by atoms with Crippen molar-refractivity contribution in [1.29, 1.82) is 0 Å². The van der Waals surface area contributed by atoms with Crippen LogP contribution in [0.2, 0.25) is 0 Å². The van der Waals surface area contributed by atoms with Gasteiger partial charge in [-0.15, -0.1) is 0 Å². The molecule has 0 aliphatic heterocycles. The number of carbonyl (C=O) groups is 4. The highest BCUT2D eigenvalue weighted by atomic mass is 16.4. The summed E-state index contributed by atoms with van der Waals surface area (Å²) in [4.78, 5) is 48.9. The zero-order chi connectivity index (χ0) is 26.0. The SMILES string of the molecule is CCCCCCCCCCCCC(C(=O)O)(C(=O)CCCCCCC)C(O)(CC(=O)O)C(=O)O. The number of hydrogen-bond acceptors (Lipinski definition) is 5. The highest BCUT2D eigenvalue weighted by molar-refractivity contribution is 6.09. The second-order valence-corrected chi connectivity index (χ2v) is 9.47. The van der Waals surface area contributed by atoms with Gasteiger partial charge in [0.25, 0.3) is 0 Å². The third-order valence-electron chi connectivity index (χ3n) is 6.72. The first kappa shape index (κ1) is 32.0. The molecule has 0 amide bonds. The number of unbranched alkanes of at least 4 members (excludes halogenated alkanes) is 13. The van der Waals surface area contributed by atoms with E-state index in [1.165, 1.54) is 25.7 Å².